The van der Waals surface area contributed by atoms with Gasteiger partial charge < -0.3 is 0 Å². The van der Waals surface area contributed by atoms with Crippen LogP contribution in [-0.4, -0.2) is 15.7 Å². The van der Waals surface area contributed by atoms with Gasteiger partial charge in [-0.15, -0.1) is 0 Å². The molecule has 0 amide bonds. The van der Waals surface area contributed by atoms with E-state index >= 15 is 0 Å². The molecule has 0 heterocycles. The quantitative estimate of drug-likeness (QED) is 0.549. The molecule has 0 nitrogen and oxygen atoms in total. The second-order valence-corrected chi connectivity index (χ2v) is 3.98. The Balaban J connectivity index is 3.05. The first kappa shape index (κ1) is 10.2. The molecular weight excluding hydrogens is 257 g/mol. The van der Waals surface area contributed by atoms with Crippen molar-refractivity contribution < 1.29 is 0 Å². The van der Waals surface area contributed by atoms with E-state index in [0.29, 0.717) is 0 Å². The van der Waals surface area contributed by atoms with Gasteiger partial charge in [0.15, 0.2) is 0 Å². The zero-order chi connectivity index (χ0) is 9.14. The third-order valence-corrected chi connectivity index (χ3v) is 2.71. The second kappa shape index (κ2) is 4.35. The monoisotopic (exact) mass is 266 g/mol. The molecule has 0 spiro atoms. The van der Waals surface area contributed by atoms with E-state index in [2.05, 4.69) is 29.5 Å². The molecule has 0 aliphatic heterocycles. The molecule has 0 bridgehead atoms. The largest absolute Gasteiger partial charge is 0.115 e. The van der Waals surface area contributed by atoms with Gasteiger partial charge in [-0.05, 0) is 29.0 Å². The van der Waals surface area contributed by atoms with Gasteiger partial charge in [-0.3, -0.25) is 0 Å². The highest BCUT2D eigenvalue weighted by Crippen LogP contribution is 2.03. The lowest BCUT2D eigenvalue weighted by Gasteiger charge is -2.08. The number of halogens is 1. The molecule has 0 saturated heterocycles. The highest BCUT2D eigenvalue weighted by molar-refractivity contribution is 14.1. The fourth-order valence-corrected chi connectivity index (χ4v) is 1.63. The van der Waals surface area contributed by atoms with Crippen LogP contribution in [-0.2, 0) is 6.42 Å². The lowest BCUT2D eigenvalue weighted by molar-refractivity contribution is 0.928. The van der Waals surface area contributed by atoms with Crippen LogP contribution in [0.5, 0.6) is 0 Å². The molecular formula is C9H9B2I. The summed E-state index contributed by atoms with van der Waals surface area (Å²) in [6, 6.07) is 3.90. The Morgan fingerprint density at radius 2 is 1.92 bits per heavy atom. The molecule has 1 aromatic rings. The molecule has 58 valence electrons. The van der Waals surface area contributed by atoms with Gasteiger partial charge in [-0.25, -0.2) is 0 Å². The van der Waals surface area contributed by atoms with E-state index in [1.54, 1.807) is 0 Å². The number of hydrogen-bond acceptors (Lipinski definition) is 0. The second-order valence-electron chi connectivity index (χ2n) is 2.82. The molecule has 1 aromatic carbocycles. The van der Waals surface area contributed by atoms with E-state index in [4.69, 9.17) is 15.7 Å². The number of rotatable bonds is 2. The van der Waals surface area contributed by atoms with Gasteiger partial charge in [0.05, 0.1) is 0 Å². The molecule has 0 atom stereocenters. The molecule has 0 unspecified atom stereocenters. The molecule has 0 N–H and O–H groups in total. The van der Waals surface area contributed by atoms with Crippen LogP contribution in [0.15, 0.2) is 12.1 Å². The predicted octanol–water partition coefficient (Wildman–Crippen LogP) is 0.831. The van der Waals surface area contributed by atoms with Crippen molar-refractivity contribution in [3.63, 3.8) is 0 Å². The van der Waals surface area contributed by atoms with Crippen molar-refractivity contribution in [2.24, 2.45) is 0 Å². The fraction of sp³-hybridized carbons (Fsp3) is 0.333. The van der Waals surface area contributed by atoms with Crippen LogP contribution in [0.1, 0.15) is 18.9 Å². The Morgan fingerprint density at radius 1 is 1.25 bits per heavy atom. The highest BCUT2D eigenvalue weighted by atomic mass is 127. The molecule has 0 saturated carbocycles. The van der Waals surface area contributed by atoms with Gasteiger partial charge >= 0.3 is 0 Å². The summed E-state index contributed by atoms with van der Waals surface area (Å²) in [7, 11) is 11.6. The number of aryl methyl sites for hydroxylation is 1. The van der Waals surface area contributed by atoms with Crippen molar-refractivity contribution in [1.29, 1.82) is 0 Å². The van der Waals surface area contributed by atoms with Crippen LogP contribution in [0.2, 0.25) is 0 Å². The van der Waals surface area contributed by atoms with Gasteiger partial charge in [0.25, 0.3) is 0 Å². The lowest BCUT2D eigenvalue weighted by atomic mass is 9.83. The van der Waals surface area contributed by atoms with Crippen LogP contribution in [0.25, 0.3) is 0 Å². The van der Waals surface area contributed by atoms with E-state index in [0.717, 1.165) is 32.9 Å². The number of benzene rings is 1. The van der Waals surface area contributed by atoms with Gasteiger partial charge in [-0.2, -0.15) is 0 Å². The van der Waals surface area contributed by atoms with Crippen LogP contribution in [0.4, 0.5) is 0 Å². The van der Waals surface area contributed by atoms with E-state index in [1.807, 2.05) is 12.1 Å². The summed E-state index contributed by atoms with van der Waals surface area (Å²) in [6.07, 6.45) is 2.11. The smallest absolute Gasteiger partial charge is 0.0925 e. The molecule has 0 fully saturated rings. The summed E-state index contributed by atoms with van der Waals surface area (Å²) >= 11 is 2.19. The first-order valence-corrected chi connectivity index (χ1v) is 5.06. The Labute approximate surface area is 90.1 Å². The van der Waals surface area contributed by atoms with Crippen molar-refractivity contribution in [3.05, 3.63) is 21.3 Å². The zero-order valence-corrected chi connectivity index (χ0v) is 9.26. The SMILES string of the molecule is [B]c1cc(CCC)c([B])cc1I. The van der Waals surface area contributed by atoms with Crippen LogP contribution in [0, 0.1) is 3.57 Å². The summed E-state index contributed by atoms with van der Waals surface area (Å²) in [5.74, 6) is 0. The fourth-order valence-electron chi connectivity index (χ4n) is 1.14. The standard InChI is InChI=1S/C9H9B2I/c1-2-3-6-4-8(11)9(12)5-7(6)10/h4-5H,2-3H2,1H3. The average molecular weight is 266 g/mol. The molecule has 3 heteroatoms. The third-order valence-electron chi connectivity index (χ3n) is 1.78. The maximum atomic E-state index is 5.82. The summed E-state index contributed by atoms with van der Waals surface area (Å²) in [6.45, 7) is 2.13. The van der Waals surface area contributed by atoms with Crippen molar-refractivity contribution in [2.45, 2.75) is 19.8 Å². The molecule has 4 radical (unpaired) electrons. The number of hydrogen-bond donors (Lipinski definition) is 0. The Bertz CT molecular complexity index is 284. The maximum Gasteiger partial charge on any atom is 0.115 e. The van der Waals surface area contributed by atoms with Crippen molar-refractivity contribution in [2.75, 3.05) is 0 Å². The molecule has 12 heavy (non-hydrogen) atoms. The average Bonchev–Trinajstić information content (AvgIpc) is 2.01. The topological polar surface area (TPSA) is 0 Å². The minimum absolute atomic E-state index is 0.827. The van der Waals surface area contributed by atoms with Crippen LogP contribution < -0.4 is 10.9 Å². The Kier molecular flexibility index (Phi) is 3.69. The first-order valence-electron chi connectivity index (χ1n) is 3.98. The van der Waals surface area contributed by atoms with E-state index in [9.17, 15) is 0 Å². The van der Waals surface area contributed by atoms with E-state index in [1.165, 1.54) is 0 Å². The Hall–Kier alpha value is 0.0799. The molecule has 0 aliphatic rings. The lowest BCUT2D eigenvalue weighted by Crippen LogP contribution is -2.19. The molecule has 0 aromatic heterocycles. The van der Waals surface area contributed by atoms with Crippen molar-refractivity contribution >= 4 is 49.2 Å². The van der Waals surface area contributed by atoms with Crippen molar-refractivity contribution in [3.8, 4) is 0 Å². The van der Waals surface area contributed by atoms with Crippen LogP contribution >= 0.6 is 22.6 Å². The highest BCUT2D eigenvalue weighted by Gasteiger charge is 2.00. The summed E-state index contributed by atoms with van der Waals surface area (Å²) < 4.78 is 1.03. The van der Waals surface area contributed by atoms with E-state index in [-0.39, 0.29) is 0 Å². The minimum atomic E-state index is 0.827. The van der Waals surface area contributed by atoms with Crippen LogP contribution in [0.3, 0.4) is 0 Å². The Morgan fingerprint density at radius 3 is 2.50 bits per heavy atom. The summed E-state index contributed by atoms with van der Waals surface area (Å²) in [5, 5.41) is 0. The summed E-state index contributed by atoms with van der Waals surface area (Å²) in [4.78, 5) is 0. The zero-order valence-electron chi connectivity index (χ0n) is 7.10. The van der Waals surface area contributed by atoms with Gasteiger partial charge in [-0.1, -0.05) is 42.0 Å². The third kappa shape index (κ3) is 2.28. The van der Waals surface area contributed by atoms with Gasteiger partial charge in [0.1, 0.15) is 15.7 Å². The van der Waals surface area contributed by atoms with Gasteiger partial charge in [0, 0.05) is 3.57 Å². The molecule has 1 rings (SSSR count). The predicted molar refractivity (Wildman–Crippen MR) is 63.9 cm³/mol. The normalized spacial score (nSPS) is 10.2. The summed E-state index contributed by atoms with van der Waals surface area (Å²) in [5.41, 5.74) is 2.85. The van der Waals surface area contributed by atoms with Gasteiger partial charge in [0.2, 0.25) is 0 Å². The minimum Gasteiger partial charge on any atom is -0.0925 e. The van der Waals surface area contributed by atoms with Crippen molar-refractivity contribution in [1.82, 2.24) is 0 Å². The maximum absolute atomic E-state index is 5.82. The molecule has 0 aliphatic carbocycles. The van der Waals surface area contributed by atoms with E-state index < -0.39 is 0 Å². The first-order chi connectivity index (χ1) is 5.65.